The van der Waals surface area contributed by atoms with Gasteiger partial charge in [0, 0.05) is 28.0 Å². The van der Waals surface area contributed by atoms with Crippen molar-refractivity contribution in [3.8, 4) is 5.88 Å². The van der Waals surface area contributed by atoms with E-state index in [2.05, 4.69) is 11.1 Å². The first-order valence-electron chi connectivity index (χ1n) is 9.51. The number of aromatic hydroxyl groups is 1. The second-order valence-corrected chi connectivity index (χ2v) is 9.04. The van der Waals surface area contributed by atoms with Crippen LogP contribution < -0.4 is 11.2 Å². The topological polar surface area (TPSA) is 87.4 Å². The Labute approximate surface area is 176 Å². The van der Waals surface area contributed by atoms with Gasteiger partial charge in [-0.3, -0.25) is 19.3 Å². The molecule has 0 aliphatic carbocycles. The Morgan fingerprint density at radius 1 is 1.24 bits per heavy atom. The number of rotatable bonds is 5. The SMILES string of the molecule is CCCCn1c(O)c(C2=Nc3ccccc3S[C@H](c3cccs3)C2)c(=O)[nH]c1=O. The molecule has 4 rings (SSSR count). The van der Waals surface area contributed by atoms with Crippen molar-refractivity contribution in [1.29, 1.82) is 0 Å². The molecule has 0 unspecified atom stereocenters. The summed E-state index contributed by atoms with van der Waals surface area (Å²) in [7, 11) is 0. The van der Waals surface area contributed by atoms with Crippen LogP contribution in [0.5, 0.6) is 5.88 Å². The molecule has 0 bridgehead atoms. The van der Waals surface area contributed by atoms with Crippen LogP contribution in [0.25, 0.3) is 0 Å². The first-order chi connectivity index (χ1) is 14.1. The van der Waals surface area contributed by atoms with Crippen LogP contribution in [0.15, 0.2) is 61.3 Å². The third-order valence-corrected chi connectivity index (χ3v) is 7.26. The average molecular weight is 428 g/mol. The standard InChI is InChI=1S/C21H21N3O3S2/c1-2-3-10-24-20(26)18(19(25)23-21(24)27)14-12-17(16-9-6-11-28-16)29-15-8-5-4-7-13(15)22-14/h4-9,11,17,26H,2-3,10,12H2,1H3,(H,23,25,27)/t17-/m0/s1. The Kier molecular flexibility index (Phi) is 5.73. The Balaban J connectivity index is 1.88. The summed E-state index contributed by atoms with van der Waals surface area (Å²) in [5.74, 6) is -0.305. The molecule has 2 N–H and O–H groups in total. The zero-order chi connectivity index (χ0) is 20.4. The molecule has 2 aromatic heterocycles. The Hall–Kier alpha value is -2.58. The van der Waals surface area contributed by atoms with Gasteiger partial charge in [-0.1, -0.05) is 31.5 Å². The number of H-pyrrole nitrogens is 1. The normalized spacial score (nSPS) is 16.2. The lowest BCUT2D eigenvalue weighted by molar-refractivity contribution is 0.394. The third-order valence-electron chi connectivity index (χ3n) is 4.82. The third kappa shape index (κ3) is 3.95. The van der Waals surface area contributed by atoms with Crippen molar-refractivity contribution in [1.82, 2.24) is 9.55 Å². The monoisotopic (exact) mass is 427 g/mol. The van der Waals surface area contributed by atoms with E-state index in [9.17, 15) is 14.7 Å². The number of aromatic amines is 1. The number of thiophene rings is 1. The van der Waals surface area contributed by atoms with Crippen molar-refractivity contribution in [3.63, 3.8) is 0 Å². The van der Waals surface area contributed by atoms with Gasteiger partial charge in [0.05, 0.1) is 11.4 Å². The van der Waals surface area contributed by atoms with Gasteiger partial charge in [0.1, 0.15) is 5.56 Å². The molecule has 1 aromatic carbocycles. The molecule has 0 fully saturated rings. The number of hydrogen-bond acceptors (Lipinski definition) is 6. The first kappa shape index (κ1) is 19.7. The average Bonchev–Trinajstić information content (AvgIpc) is 3.16. The van der Waals surface area contributed by atoms with E-state index in [4.69, 9.17) is 4.99 Å². The van der Waals surface area contributed by atoms with Gasteiger partial charge in [-0.15, -0.1) is 23.1 Å². The number of aliphatic imine (C=N–C) groups is 1. The van der Waals surface area contributed by atoms with Crippen LogP contribution in [0.4, 0.5) is 5.69 Å². The largest absolute Gasteiger partial charge is 0.494 e. The first-order valence-corrected chi connectivity index (χ1v) is 11.3. The Bertz CT molecular complexity index is 1160. The summed E-state index contributed by atoms with van der Waals surface area (Å²) in [4.78, 5) is 34.2. The minimum Gasteiger partial charge on any atom is -0.494 e. The van der Waals surface area contributed by atoms with Crippen molar-refractivity contribution in [2.75, 3.05) is 0 Å². The number of nitrogens with one attached hydrogen (secondary N) is 1. The fourth-order valence-electron chi connectivity index (χ4n) is 3.35. The number of nitrogens with zero attached hydrogens (tertiary/aromatic N) is 2. The number of fused-ring (bicyclic) bond motifs is 1. The fraction of sp³-hybridized carbons (Fsp3) is 0.286. The van der Waals surface area contributed by atoms with Crippen molar-refractivity contribution in [2.45, 2.75) is 42.9 Å². The van der Waals surface area contributed by atoms with Crippen molar-refractivity contribution in [2.24, 2.45) is 4.99 Å². The van der Waals surface area contributed by atoms with Crippen LogP contribution in [-0.4, -0.2) is 20.4 Å². The predicted octanol–water partition coefficient (Wildman–Crippen LogP) is 4.46. The van der Waals surface area contributed by atoms with Crippen LogP contribution in [-0.2, 0) is 6.54 Å². The highest BCUT2D eigenvalue weighted by molar-refractivity contribution is 7.99. The molecule has 29 heavy (non-hydrogen) atoms. The summed E-state index contributed by atoms with van der Waals surface area (Å²) in [6, 6.07) is 11.9. The van der Waals surface area contributed by atoms with Crippen LogP contribution >= 0.6 is 23.1 Å². The molecule has 1 aliphatic heterocycles. The summed E-state index contributed by atoms with van der Waals surface area (Å²) in [6.07, 6.45) is 2.07. The van der Waals surface area contributed by atoms with Crippen molar-refractivity contribution < 1.29 is 5.11 Å². The van der Waals surface area contributed by atoms with Gasteiger partial charge >= 0.3 is 5.69 Å². The van der Waals surface area contributed by atoms with E-state index < -0.39 is 11.2 Å². The van der Waals surface area contributed by atoms with Crippen LogP contribution in [0.3, 0.4) is 0 Å². The maximum Gasteiger partial charge on any atom is 0.331 e. The molecule has 1 atom stereocenters. The van der Waals surface area contributed by atoms with Crippen molar-refractivity contribution in [3.05, 3.63) is 73.1 Å². The minimum atomic E-state index is -0.603. The summed E-state index contributed by atoms with van der Waals surface area (Å²) in [6.45, 7) is 2.35. The molecular weight excluding hydrogens is 406 g/mol. The molecule has 1 aliphatic rings. The summed E-state index contributed by atoms with van der Waals surface area (Å²) >= 11 is 3.36. The highest BCUT2D eigenvalue weighted by atomic mass is 32.2. The second-order valence-electron chi connectivity index (χ2n) is 6.82. The Morgan fingerprint density at radius 3 is 2.83 bits per heavy atom. The van der Waals surface area contributed by atoms with Gasteiger partial charge in [-0.05, 0) is 30.0 Å². The molecule has 6 nitrogen and oxygen atoms in total. The lowest BCUT2D eigenvalue weighted by atomic mass is 10.1. The number of thioether (sulfide) groups is 1. The molecule has 0 saturated heterocycles. The fourth-order valence-corrected chi connectivity index (χ4v) is 5.50. The summed E-state index contributed by atoms with van der Waals surface area (Å²) in [5, 5.41) is 12.9. The second kappa shape index (κ2) is 8.42. The van der Waals surface area contributed by atoms with E-state index in [1.807, 2.05) is 42.6 Å². The number of hydrogen-bond donors (Lipinski definition) is 2. The van der Waals surface area contributed by atoms with E-state index in [0.29, 0.717) is 18.7 Å². The molecule has 0 radical (unpaired) electrons. The lowest BCUT2D eigenvalue weighted by Gasteiger charge is -2.15. The van der Waals surface area contributed by atoms with Gasteiger partial charge in [0.2, 0.25) is 5.88 Å². The number of aromatic nitrogens is 2. The molecule has 0 saturated carbocycles. The molecular formula is C21H21N3O3S2. The van der Waals surface area contributed by atoms with Gasteiger partial charge in [0.25, 0.3) is 5.56 Å². The summed E-state index contributed by atoms with van der Waals surface area (Å²) < 4.78 is 1.23. The molecule has 3 aromatic rings. The van der Waals surface area contributed by atoms with Gasteiger partial charge in [-0.2, -0.15) is 0 Å². The van der Waals surface area contributed by atoms with E-state index in [1.54, 1.807) is 23.1 Å². The van der Waals surface area contributed by atoms with E-state index in [-0.39, 0.29) is 16.7 Å². The van der Waals surface area contributed by atoms with E-state index >= 15 is 0 Å². The van der Waals surface area contributed by atoms with Gasteiger partial charge in [0.15, 0.2) is 0 Å². The highest BCUT2D eigenvalue weighted by Gasteiger charge is 2.27. The zero-order valence-electron chi connectivity index (χ0n) is 15.9. The predicted molar refractivity (Wildman–Crippen MR) is 118 cm³/mol. The maximum atomic E-state index is 12.7. The quantitative estimate of drug-likeness (QED) is 0.629. The Morgan fingerprint density at radius 2 is 2.07 bits per heavy atom. The molecule has 0 amide bonds. The molecule has 0 spiro atoms. The van der Waals surface area contributed by atoms with E-state index in [1.165, 1.54) is 9.44 Å². The van der Waals surface area contributed by atoms with Crippen LogP contribution in [0.1, 0.15) is 41.9 Å². The smallest absolute Gasteiger partial charge is 0.331 e. The van der Waals surface area contributed by atoms with Crippen LogP contribution in [0.2, 0.25) is 0 Å². The van der Waals surface area contributed by atoms with Crippen LogP contribution in [0, 0.1) is 0 Å². The number of benzene rings is 1. The molecule has 150 valence electrons. The van der Waals surface area contributed by atoms with Gasteiger partial charge in [-0.25, -0.2) is 4.79 Å². The lowest BCUT2D eigenvalue weighted by Crippen LogP contribution is -2.34. The number of unbranched alkanes of at least 4 members (excludes halogenated alkanes) is 1. The minimum absolute atomic E-state index is 0.0622. The maximum absolute atomic E-state index is 12.7. The van der Waals surface area contributed by atoms with Crippen molar-refractivity contribution >= 4 is 34.5 Å². The van der Waals surface area contributed by atoms with Gasteiger partial charge < -0.3 is 5.11 Å². The summed E-state index contributed by atoms with van der Waals surface area (Å²) in [5.41, 5.74) is 0.137. The molecule has 8 heteroatoms. The number of para-hydroxylation sites is 1. The zero-order valence-corrected chi connectivity index (χ0v) is 17.6. The highest BCUT2D eigenvalue weighted by Crippen LogP contribution is 2.46. The molecule has 3 heterocycles. The van der Waals surface area contributed by atoms with E-state index in [0.717, 1.165) is 23.4 Å².